The molecule has 2 rings (SSSR count). The average molecular weight is 175 g/mol. The van der Waals surface area contributed by atoms with Crippen LogP contribution in [0.5, 0.6) is 0 Å². The number of fused-ring (bicyclic) bond motifs is 1. The SMILES string of the molecule is COC1=CC(=O)c2ncccc2C1. The first-order chi connectivity index (χ1) is 6.31. The number of ketones is 1. The van der Waals surface area contributed by atoms with E-state index in [-0.39, 0.29) is 5.78 Å². The van der Waals surface area contributed by atoms with Crippen LogP contribution in [0.3, 0.4) is 0 Å². The molecule has 66 valence electrons. The Morgan fingerprint density at radius 3 is 3.15 bits per heavy atom. The van der Waals surface area contributed by atoms with Crippen LogP contribution in [0.25, 0.3) is 0 Å². The largest absolute Gasteiger partial charge is 0.501 e. The maximum absolute atomic E-state index is 11.4. The zero-order valence-electron chi connectivity index (χ0n) is 7.28. The van der Waals surface area contributed by atoms with Gasteiger partial charge in [-0.25, -0.2) is 0 Å². The third kappa shape index (κ3) is 1.33. The molecule has 0 saturated heterocycles. The summed E-state index contributed by atoms with van der Waals surface area (Å²) in [5, 5.41) is 0. The zero-order valence-corrected chi connectivity index (χ0v) is 7.28. The second kappa shape index (κ2) is 3.01. The Morgan fingerprint density at radius 1 is 1.54 bits per heavy atom. The van der Waals surface area contributed by atoms with Gasteiger partial charge in [0.2, 0.25) is 5.78 Å². The first-order valence-corrected chi connectivity index (χ1v) is 4.04. The molecule has 0 fully saturated rings. The number of nitrogens with zero attached hydrogens (tertiary/aromatic N) is 1. The van der Waals surface area contributed by atoms with Crippen LogP contribution < -0.4 is 0 Å². The van der Waals surface area contributed by atoms with Crippen molar-refractivity contribution in [2.75, 3.05) is 7.11 Å². The second-order valence-electron chi connectivity index (χ2n) is 2.87. The van der Waals surface area contributed by atoms with E-state index in [4.69, 9.17) is 4.74 Å². The lowest BCUT2D eigenvalue weighted by atomic mass is 10.00. The van der Waals surface area contributed by atoms with Crippen LogP contribution >= 0.6 is 0 Å². The molecule has 0 aromatic carbocycles. The molecular weight excluding hydrogens is 166 g/mol. The van der Waals surface area contributed by atoms with E-state index in [9.17, 15) is 4.79 Å². The Kier molecular flexibility index (Phi) is 1.85. The van der Waals surface area contributed by atoms with Gasteiger partial charge in [-0.2, -0.15) is 0 Å². The van der Waals surface area contributed by atoms with Crippen molar-refractivity contribution in [3.05, 3.63) is 41.4 Å². The van der Waals surface area contributed by atoms with Gasteiger partial charge in [0, 0.05) is 18.7 Å². The van der Waals surface area contributed by atoms with Gasteiger partial charge in [-0.1, -0.05) is 6.07 Å². The van der Waals surface area contributed by atoms with Crippen molar-refractivity contribution in [3.8, 4) is 0 Å². The summed E-state index contributed by atoms with van der Waals surface area (Å²) in [6.45, 7) is 0. The van der Waals surface area contributed by atoms with Gasteiger partial charge in [-0.15, -0.1) is 0 Å². The summed E-state index contributed by atoms with van der Waals surface area (Å²) >= 11 is 0. The highest BCUT2D eigenvalue weighted by atomic mass is 16.5. The molecule has 0 atom stereocenters. The highest BCUT2D eigenvalue weighted by molar-refractivity contribution is 6.05. The van der Waals surface area contributed by atoms with Gasteiger partial charge in [0.25, 0.3) is 0 Å². The summed E-state index contributed by atoms with van der Waals surface area (Å²) in [6.07, 6.45) is 3.78. The highest BCUT2D eigenvalue weighted by Crippen LogP contribution is 2.18. The van der Waals surface area contributed by atoms with Crippen LogP contribution in [0.2, 0.25) is 0 Å². The minimum atomic E-state index is -0.0706. The van der Waals surface area contributed by atoms with Crippen molar-refractivity contribution in [2.45, 2.75) is 6.42 Å². The van der Waals surface area contributed by atoms with Crippen LogP contribution in [0.15, 0.2) is 30.2 Å². The molecule has 0 bridgehead atoms. The molecule has 1 aliphatic rings. The monoisotopic (exact) mass is 175 g/mol. The fourth-order valence-corrected chi connectivity index (χ4v) is 1.39. The van der Waals surface area contributed by atoms with Gasteiger partial charge in [0.15, 0.2) is 0 Å². The zero-order chi connectivity index (χ0) is 9.26. The topological polar surface area (TPSA) is 39.2 Å². The first-order valence-electron chi connectivity index (χ1n) is 4.04. The summed E-state index contributed by atoms with van der Waals surface area (Å²) in [5.74, 6) is 0.629. The van der Waals surface area contributed by atoms with E-state index in [1.807, 2.05) is 12.1 Å². The van der Waals surface area contributed by atoms with Crippen molar-refractivity contribution >= 4 is 5.78 Å². The van der Waals surface area contributed by atoms with Gasteiger partial charge in [-0.3, -0.25) is 9.78 Å². The summed E-state index contributed by atoms with van der Waals surface area (Å²) in [6, 6.07) is 3.72. The van der Waals surface area contributed by atoms with E-state index < -0.39 is 0 Å². The quantitative estimate of drug-likeness (QED) is 0.646. The van der Waals surface area contributed by atoms with Crippen molar-refractivity contribution < 1.29 is 9.53 Å². The molecule has 0 unspecified atom stereocenters. The number of rotatable bonds is 1. The van der Waals surface area contributed by atoms with Gasteiger partial charge in [0.1, 0.15) is 11.5 Å². The lowest BCUT2D eigenvalue weighted by Gasteiger charge is -2.13. The molecule has 0 saturated carbocycles. The molecule has 0 aliphatic heterocycles. The highest BCUT2D eigenvalue weighted by Gasteiger charge is 2.18. The van der Waals surface area contributed by atoms with Crippen LogP contribution in [0.1, 0.15) is 16.1 Å². The molecule has 0 spiro atoms. The standard InChI is InChI=1S/C10H9NO2/c1-13-8-5-7-3-2-4-11-10(7)9(12)6-8/h2-4,6H,5H2,1H3. The Labute approximate surface area is 76.1 Å². The summed E-state index contributed by atoms with van der Waals surface area (Å²) in [5.41, 5.74) is 1.48. The molecule has 0 amide bonds. The van der Waals surface area contributed by atoms with Crippen molar-refractivity contribution in [2.24, 2.45) is 0 Å². The molecular formula is C10H9NO2. The van der Waals surface area contributed by atoms with Gasteiger partial charge in [-0.05, 0) is 11.6 Å². The van der Waals surface area contributed by atoms with Crippen molar-refractivity contribution in [1.29, 1.82) is 0 Å². The third-order valence-corrected chi connectivity index (χ3v) is 2.04. The normalized spacial score (nSPS) is 14.8. The predicted octanol–water partition coefficient (Wildman–Crippen LogP) is 1.35. The molecule has 1 heterocycles. The number of hydrogen-bond donors (Lipinski definition) is 0. The summed E-state index contributed by atoms with van der Waals surface area (Å²) in [7, 11) is 1.57. The number of carbonyl (C=O) groups excluding carboxylic acids is 1. The number of allylic oxidation sites excluding steroid dienone is 2. The molecule has 1 aromatic heterocycles. The summed E-state index contributed by atoms with van der Waals surface area (Å²) < 4.78 is 5.03. The van der Waals surface area contributed by atoms with E-state index in [1.54, 1.807) is 13.3 Å². The molecule has 0 N–H and O–H groups in total. The Hall–Kier alpha value is -1.64. The third-order valence-electron chi connectivity index (χ3n) is 2.04. The Balaban J connectivity index is 2.46. The molecule has 3 nitrogen and oxygen atoms in total. The second-order valence-corrected chi connectivity index (χ2v) is 2.87. The van der Waals surface area contributed by atoms with Crippen LogP contribution in [0, 0.1) is 0 Å². The van der Waals surface area contributed by atoms with Gasteiger partial charge >= 0.3 is 0 Å². The van der Waals surface area contributed by atoms with Crippen LogP contribution in [-0.4, -0.2) is 17.9 Å². The molecule has 3 heteroatoms. The first kappa shape index (κ1) is 7.98. The lowest BCUT2D eigenvalue weighted by molar-refractivity contribution is 0.103. The average Bonchev–Trinajstić information content (AvgIpc) is 2.18. The van der Waals surface area contributed by atoms with E-state index >= 15 is 0 Å². The minimum Gasteiger partial charge on any atom is -0.501 e. The Bertz CT molecular complexity index is 382. The van der Waals surface area contributed by atoms with Gasteiger partial charge in [0.05, 0.1) is 7.11 Å². The molecule has 1 aromatic rings. The summed E-state index contributed by atoms with van der Waals surface area (Å²) in [4.78, 5) is 15.5. The van der Waals surface area contributed by atoms with E-state index in [2.05, 4.69) is 4.98 Å². The number of methoxy groups -OCH3 is 1. The van der Waals surface area contributed by atoms with E-state index in [0.717, 1.165) is 5.56 Å². The molecule has 13 heavy (non-hydrogen) atoms. The number of hydrogen-bond acceptors (Lipinski definition) is 3. The number of ether oxygens (including phenoxy) is 1. The smallest absolute Gasteiger partial charge is 0.207 e. The number of aromatic nitrogens is 1. The lowest BCUT2D eigenvalue weighted by Crippen LogP contribution is -2.12. The molecule has 1 aliphatic carbocycles. The van der Waals surface area contributed by atoms with Crippen molar-refractivity contribution in [1.82, 2.24) is 4.98 Å². The fourth-order valence-electron chi connectivity index (χ4n) is 1.39. The predicted molar refractivity (Wildman–Crippen MR) is 47.4 cm³/mol. The van der Waals surface area contributed by atoms with Crippen LogP contribution in [0.4, 0.5) is 0 Å². The maximum Gasteiger partial charge on any atom is 0.207 e. The minimum absolute atomic E-state index is 0.0706. The number of pyridine rings is 1. The van der Waals surface area contributed by atoms with Gasteiger partial charge < -0.3 is 4.74 Å². The van der Waals surface area contributed by atoms with E-state index in [1.165, 1.54) is 6.08 Å². The molecule has 0 radical (unpaired) electrons. The van der Waals surface area contributed by atoms with E-state index in [0.29, 0.717) is 17.9 Å². The van der Waals surface area contributed by atoms with Crippen molar-refractivity contribution in [3.63, 3.8) is 0 Å². The fraction of sp³-hybridized carbons (Fsp3) is 0.200. The number of carbonyl (C=O) groups is 1. The van der Waals surface area contributed by atoms with Crippen LogP contribution in [-0.2, 0) is 11.2 Å². The maximum atomic E-state index is 11.4. The Morgan fingerprint density at radius 2 is 2.38 bits per heavy atom.